The van der Waals surface area contributed by atoms with Crippen molar-refractivity contribution in [1.82, 2.24) is 4.90 Å². The van der Waals surface area contributed by atoms with E-state index in [0.29, 0.717) is 25.3 Å². The van der Waals surface area contributed by atoms with E-state index in [1.54, 1.807) is 11.9 Å². The van der Waals surface area contributed by atoms with Gasteiger partial charge in [-0.05, 0) is 24.0 Å². The average molecular weight is 351 g/mol. The van der Waals surface area contributed by atoms with Crippen LogP contribution in [0.3, 0.4) is 0 Å². The van der Waals surface area contributed by atoms with Crippen molar-refractivity contribution in [3.8, 4) is 0 Å². The molecule has 0 aromatic heterocycles. The zero-order valence-electron chi connectivity index (χ0n) is 15.1. The maximum Gasteiger partial charge on any atom is 0.306 e. The van der Waals surface area contributed by atoms with E-state index < -0.39 is 6.10 Å². The first kappa shape index (κ1) is 18.2. The van der Waals surface area contributed by atoms with Crippen molar-refractivity contribution in [2.24, 2.45) is 0 Å². The number of likely N-dealkylation sites (N-methyl/N-ethyl adjacent to an activating group) is 1. The summed E-state index contributed by atoms with van der Waals surface area (Å²) in [7, 11) is 1.79. The highest BCUT2D eigenvalue weighted by atomic mass is 16.6. The lowest BCUT2D eigenvalue weighted by Crippen LogP contribution is -2.36. The van der Waals surface area contributed by atoms with E-state index in [1.807, 2.05) is 12.1 Å². The van der Waals surface area contributed by atoms with Gasteiger partial charge in [0.25, 0.3) is 5.91 Å². The molecule has 4 nitrogen and oxygen atoms in total. The lowest BCUT2D eigenvalue weighted by Gasteiger charge is -2.22. The summed E-state index contributed by atoms with van der Waals surface area (Å²) in [5.74, 6) is -0.0537. The predicted molar refractivity (Wildman–Crippen MR) is 101 cm³/mol. The van der Waals surface area contributed by atoms with Gasteiger partial charge in [-0.1, -0.05) is 60.7 Å². The molecule has 1 fully saturated rings. The number of carbonyl (C=O) groups is 2. The number of amides is 1. The van der Waals surface area contributed by atoms with Crippen molar-refractivity contribution < 1.29 is 14.3 Å². The molecule has 4 heteroatoms. The molecule has 1 aliphatic heterocycles. The van der Waals surface area contributed by atoms with Crippen molar-refractivity contribution in [1.29, 1.82) is 0 Å². The lowest BCUT2D eigenvalue weighted by atomic mass is 9.87. The highest BCUT2D eigenvalue weighted by Crippen LogP contribution is 2.29. The van der Waals surface area contributed by atoms with Crippen LogP contribution in [-0.4, -0.2) is 36.5 Å². The van der Waals surface area contributed by atoms with Crippen LogP contribution in [0.25, 0.3) is 0 Å². The smallest absolute Gasteiger partial charge is 0.306 e. The molecule has 0 spiro atoms. The highest BCUT2D eigenvalue weighted by Gasteiger charge is 2.31. The zero-order valence-corrected chi connectivity index (χ0v) is 15.1. The SMILES string of the molecule is CN(CCCC(c1ccccc1)c1ccccc1)C(=O)[C@@H]1CCC(=O)O1. The highest BCUT2D eigenvalue weighted by molar-refractivity contribution is 5.86. The second-order valence-electron chi connectivity index (χ2n) is 6.79. The van der Waals surface area contributed by atoms with E-state index in [2.05, 4.69) is 48.5 Å². The number of rotatable bonds is 7. The Bertz CT molecular complexity index is 690. The van der Waals surface area contributed by atoms with Gasteiger partial charge in [0.05, 0.1) is 0 Å². The van der Waals surface area contributed by atoms with Crippen LogP contribution in [0, 0.1) is 0 Å². The summed E-state index contributed by atoms with van der Waals surface area (Å²) in [6.07, 6.45) is 2.09. The third kappa shape index (κ3) is 4.51. The minimum Gasteiger partial charge on any atom is -0.452 e. The van der Waals surface area contributed by atoms with Crippen molar-refractivity contribution in [3.63, 3.8) is 0 Å². The Morgan fingerprint density at radius 3 is 2.15 bits per heavy atom. The molecule has 0 saturated carbocycles. The molecule has 136 valence electrons. The summed E-state index contributed by atoms with van der Waals surface area (Å²) in [5.41, 5.74) is 2.58. The molecule has 2 aromatic rings. The zero-order chi connectivity index (χ0) is 18.4. The van der Waals surface area contributed by atoms with E-state index in [0.717, 1.165) is 12.8 Å². The van der Waals surface area contributed by atoms with E-state index in [-0.39, 0.29) is 11.9 Å². The Hall–Kier alpha value is -2.62. The van der Waals surface area contributed by atoms with Crippen LogP contribution in [0.15, 0.2) is 60.7 Å². The molecule has 2 aromatic carbocycles. The van der Waals surface area contributed by atoms with Gasteiger partial charge >= 0.3 is 5.97 Å². The van der Waals surface area contributed by atoms with Crippen molar-refractivity contribution in [3.05, 3.63) is 71.8 Å². The Labute approximate surface area is 154 Å². The standard InChI is InChI=1S/C22H25NO3/c1-23(22(25)20-14-15-21(24)26-20)16-8-13-19(17-9-4-2-5-10-17)18-11-6-3-7-12-18/h2-7,9-12,19-20H,8,13-16H2,1H3/t20-/m0/s1. The summed E-state index contributed by atoms with van der Waals surface area (Å²) < 4.78 is 5.08. The fourth-order valence-corrected chi connectivity index (χ4v) is 3.48. The first-order valence-electron chi connectivity index (χ1n) is 9.19. The lowest BCUT2D eigenvalue weighted by molar-refractivity contribution is -0.152. The van der Waals surface area contributed by atoms with Crippen LogP contribution in [0.1, 0.15) is 42.7 Å². The Balaban J connectivity index is 1.60. The quantitative estimate of drug-likeness (QED) is 0.714. The number of cyclic esters (lactones) is 1. The monoisotopic (exact) mass is 351 g/mol. The van der Waals surface area contributed by atoms with Crippen molar-refractivity contribution in [2.75, 3.05) is 13.6 Å². The second kappa shape index (κ2) is 8.65. The maximum absolute atomic E-state index is 12.4. The average Bonchev–Trinajstić information content (AvgIpc) is 3.12. The number of hydrogen-bond donors (Lipinski definition) is 0. The van der Waals surface area contributed by atoms with E-state index >= 15 is 0 Å². The van der Waals surface area contributed by atoms with Gasteiger partial charge in [-0.15, -0.1) is 0 Å². The van der Waals surface area contributed by atoms with Crippen LogP contribution < -0.4 is 0 Å². The van der Waals surface area contributed by atoms with E-state index in [9.17, 15) is 9.59 Å². The van der Waals surface area contributed by atoms with Gasteiger partial charge in [0.1, 0.15) is 0 Å². The van der Waals surface area contributed by atoms with Crippen molar-refractivity contribution in [2.45, 2.75) is 37.7 Å². The minimum atomic E-state index is -0.591. The summed E-state index contributed by atoms with van der Waals surface area (Å²) in [6, 6.07) is 20.9. The molecule has 0 aliphatic carbocycles. The Morgan fingerprint density at radius 1 is 1.08 bits per heavy atom. The summed E-state index contributed by atoms with van der Waals surface area (Å²) >= 11 is 0. The van der Waals surface area contributed by atoms with E-state index in [1.165, 1.54) is 11.1 Å². The van der Waals surface area contributed by atoms with Crippen LogP contribution >= 0.6 is 0 Å². The summed E-state index contributed by atoms with van der Waals surface area (Å²) in [5, 5.41) is 0. The number of nitrogens with zero attached hydrogens (tertiary/aromatic N) is 1. The van der Waals surface area contributed by atoms with Gasteiger partial charge in [-0.25, -0.2) is 0 Å². The van der Waals surface area contributed by atoms with Crippen LogP contribution in [0.5, 0.6) is 0 Å². The molecule has 1 aliphatic rings. The maximum atomic E-state index is 12.4. The molecule has 1 heterocycles. The normalized spacial score (nSPS) is 16.5. The van der Waals surface area contributed by atoms with Gasteiger partial charge in [0, 0.05) is 32.4 Å². The molecule has 1 saturated heterocycles. The van der Waals surface area contributed by atoms with Gasteiger partial charge in [-0.3, -0.25) is 9.59 Å². The minimum absolute atomic E-state index is 0.0909. The fraction of sp³-hybridized carbons (Fsp3) is 0.364. The molecule has 1 atom stereocenters. The molecular formula is C22H25NO3. The summed E-state index contributed by atoms with van der Waals surface area (Å²) in [6.45, 7) is 0.656. The Kier molecular flexibility index (Phi) is 6.05. The number of carbonyl (C=O) groups excluding carboxylic acids is 2. The fourth-order valence-electron chi connectivity index (χ4n) is 3.48. The topological polar surface area (TPSA) is 46.6 Å². The molecule has 26 heavy (non-hydrogen) atoms. The largest absolute Gasteiger partial charge is 0.452 e. The van der Waals surface area contributed by atoms with Crippen LogP contribution in [-0.2, 0) is 14.3 Å². The number of hydrogen-bond acceptors (Lipinski definition) is 3. The first-order valence-corrected chi connectivity index (χ1v) is 9.19. The molecule has 1 amide bonds. The first-order chi connectivity index (χ1) is 12.6. The number of benzene rings is 2. The molecule has 0 unspecified atom stereocenters. The van der Waals surface area contributed by atoms with Crippen LogP contribution in [0.2, 0.25) is 0 Å². The molecule has 0 bridgehead atoms. The third-order valence-corrected chi connectivity index (χ3v) is 4.93. The predicted octanol–water partition coefficient (Wildman–Crippen LogP) is 3.76. The molecule has 0 radical (unpaired) electrons. The molecular weight excluding hydrogens is 326 g/mol. The van der Waals surface area contributed by atoms with E-state index in [4.69, 9.17) is 4.74 Å². The van der Waals surface area contributed by atoms with Gasteiger partial charge in [0.15, 0.2) is 6.10 Å². The van der Waals surface area contributed by atoms with Gasteiger partial charge < -0.3 is 9.64 Å². The Morgan fingerprint density at radius 2 is 1.65 bits per heavy atom. The molecule has 3 rings (SSSR count). The van der Waals surface area contributed by atoms with Gasteiger partial charge in [0.2, 0.25) is 0 Å². The third-order valence-electron chi connectivity index (χ3n) is 4.93. The number of ether oxygens (including phenoxy) is 1. The van der Waals surface area contributed by atoms with Gasteiger partial charge in [-0.2, -0.15) is 0 Å². The summed E-state index contributed by atoms with van der Waals surface area (Å²) in [4.78, 5) is 25.3. The van der Waals surface area contributed by atoms with Crippen LogP contribution in [0.4, 0.5) is 0 Å². The molecule has 0 N–H and O–H groups in total. The second-order valence-corrected chi connectivity index (χ2v) is 6.79. The van der Waals surface area contributed by atoms with Crippen molar-refractivity contribution >= 4 is 11.9 Å². The number of esters is 1.